The van der Waals surface area contributed by atoms with Crippen LogP contribution in [0.1, 0.15) is 18.6 Å². The lowest BCUT2D eigenvalue weighted by molar-refractivity contribution is -0.0262. The molecule has 1 aliphatic rings. The van der Waals surface area contributed by atoms with Crippen molar-refractivity contribution in [3.05, 3.63) is 34.9 Å². The van der Waals surface area contributed by atoms with E-state index in [4.69, 9.17) is 16.3 Å². The van der Waals surface area contributed by atoms with Crippen molar-refractivity contribution in [3.63, 3.8) is 0 Å². The maximum atomic E-state index is 10.1. The van der Waals surface area contributed by atoms with Gasteiger partial charge in [-0.3, -0.25) is 4.90 Å². The van der Waals surface area contributed by atoms with E-state index < -0.39 is 6.10 Å². The minimum absolute atomic E-state index is 0.209. The summed E-state index contributed by atoms with van der Waals surface area (Å²) in [4.78, 5) is 2.38. The highest BCUT2D eigenvalue weighted by molar-refractivity contribution is 6.30. The molecule has 0 amide bonds. The lowest BCUT2D eigenvalue weighted by Crippen LogP contribution is -2.46. The van der Waals surface area contributed by atoms with Crippen molar-refractivity contribution in [2.75, 3.05) is 39.3 Å². The zero-order valence-electron chi connectivity index (χ0n) is 11.9. The summed E-state index contributed by atoms with van der Waals surface area (Å²) >= 11 is 5.83. The Balaban J connectivity index is 1.71. The Kier molecular flexibility index (Phi) is 6.26. The van der Waals surface area contributed by atoms with E-state index in [1.807, 2.05) is 12.1 Å². The van der Waals surface area contributed by atoms with Crippen LogP contribution in [0.15, 0.2) is 24.3 Å². The van der Waals surface area contributed by atoms with Gasteiger partial charge in [-0.15, -0.1) is 0 Å². The molecule has 0 radical (unpaired) electrons. The van der Waals surface area contributed by atoms with Crippen LogP contribution in [0.3, 0.4) is 0 Å². The Morgan fingerprint density at radius 1 is 1.45 bits per heavy atom. The summed E-state index contributed by atoms with van der Waals surface area (Å²) in [6.45, 7) is 7.28. The molecule has 2 N–H and O–H groups in total. The highest BCUT2D eigenvalue weighted by Crippen LogP contribution is 2.15. The van der Waals surface area contributed by atoms with E-state index in [0.29, 0.717) is 11.6 Å². The van der Waals surface area contributed by atoms with Gasteiger partial charge >= 0.3 is 0 Å². The standard InChI is InChI=1S/C15H23ClN2O2/c1-2-18-7-8-20-14(11-18)9-17-10-15(19)12-3-5-13(16)6-4-12/h3-6,14-15,17,19H,2,7-11H2,1H3. The number of aliphatic hydroxyl groups excluding tert-OH is 1. The Hall–Kier alpha value is -0.650. The monoisotopic (exact) mass is 298 g/mol. The minimum atomic E-state index is -0.516. The zero-order valence-corrected chi connectivity index (χ0v) is 12.6. The van der Waals surface area contributed by atoms with Gasteiger partial charge in [-0.25, -0.2) is 0 Å². The first-order valence-electron chi connectivity index (χ1n) is 7.17. The molecule has 0 bridgehead atoms. The average molecular weight is 299 g/mol. The van der Waals surface area contributed by atoms with Crippen molar-refractivity contribution in [1.82, 2.24) is 10.2 Å². The maximum absolute atomic E-state index is 10.1. The fraction of sp³-hybridized carbons (Fsp3) is 0.600. The quantitative estimate of drug-likeness (QED) is 0.839. The lowest BCUT2D eigenvalue weighted by atomic mass is 10.1. The Morgan fingerprint density at radius 3 is 2.90 bits per heavy atom. The molecule has 2 atom stereocenters. The zero-order chi connectivity index (χ0) is 14.4. The van der Waals surface area contributed by atoms with E-state index in [2.05, 4.69) is 17.1 Å². The Bertz CT molecular complexity index is 399. The summed E-state index contributed by atoms with van der Waals surface area (Å²) in [6.07, 6.45) is -0.306. The predicted octanol–water partition coefficient (Wildman–Crippen LogP) is 1.68. The summed E-state index contributed by atoms with van der Waals surface area (Å²) in [7, 11) is 0. The van der Waals surface area contributed by atoms with Crippen LogP contribution in [0.4, 0.5) is 0 Å². The van der Waals surface area contributed by atoms with E-state index in [0.717, 1.165) is 38.3 Å². The van der Waals surface area contributed by atoms with Gasteiger partial charge in [0.05, 0.1) is 18.8 Å². The summed E-state index contributed by atoms with van der Waals surface area (Å²) in [5.41, 5.74) is 0.877. The van der Waals surface area contributed by atoms with Gasteiger partial charge < -0.3 is 15.2 Å². The van der Waals surface area contributed by atoms with E-state index in [1.54, 1.807) is 12.1 Å². The van der Waals surface area contributed by atoms with Crippen molar-refractivity contribution in [2.24, 2.45) is 0 Å². The summed E-state index contributed by atoms with van der Waals surface area (Å²) in [5.74, 6) is 0. The smallest absolute Gasteiger partial charge is 0.0914 e. The molecular weight excluding hydrogens is 276 g/mol. The second-order valence-corrected chi connectivity index (χ2v) is 5.55. The number of benzene rings is 1. The van der Waals surface area contributed by atoms with Crippen LogP contribution in [0, 0.1) is 0 Å². The lowest BCUT2D eigenvalue weighted by Gasteiger charge is -2.32. The first kappa shape index (κ1) is 15.7. The van der Waals surface area contributed by atoms with Gasteiger partial charge in [0.1, 0.15) is 0 Å². The number of hydrogen-bond donors (Lipinski definition) is 2. The van der Waals surface area contributed by atoms with Crippen molar-refractivity contribution < 1.29 is 9.84 Å². The van der Waals surface area contributed by atoms with E-state index in [-0.39, 0.29) is 6.10 Å². The second-order valence-electron chi connectivity index (χ2n) is 5.11. The number of aliphatic hydroxyl groups is 1. The number of nitrogens with one attached hydrogen (secondary N) is 1. The molecule has 4 nitrogen and oxygen atoms in total. The number of nitrogens with zero attached hydrogens (tertiary/aromatic N) is 1. The van der Waals surface area contributed by atoms with E-state index in [9.17, 15) is 5.11 Å². The van der Waals surface area contributed by atoms with Gasteiger partial charge in [0.25, 0.3) is 0 Å². The number of likely N-dealkylation sites (N-methyl/N-ethyl adjacent to an activating group) is 1. The van der Waals surface area contributed by atoms with Crippen LogP contribution in [-0.2, 0) is 4.74 Å². The largest absolute Gasteiger partial charge is 0.387 e. The molecule has 1 saturated heterocycles. The molecule has 0 aromatic heterocycles. The summed E-state index contributed by atoms with van der Waals surface area (Å²) in [6, 6.07) is 7.29. The van der Waals surface area contributed by atoms with Gasteiger partial charge in [0.15, 0.2) is 0 Å². The van der Waals surface area contributed by atoms with E-state index in [1.165, 1.54) is 0 Å². The third-order valence-electron chi connectivity index (χ3n) is 3.63. The van der Waals surface area contributed by atoms with Gasteiger partial charge in [-0.2, -0.15) is 0 Å². The SMILES string of the molecule is CCN1CCOC(CNCC(O)c2ccc(Cl)cc2)C1. The molecule has 1 aromatic rings. The van der Waals surface area contributed by atoms with Gasteiger partial charge in [0.2, 0.25) is 0 Å². The number of halogens is 1. The molecular formula is C15H23ClN2O2. The molecule has 20 heavy (non-hydrogen) atoms. The van der Waals surface area contributed by atoms with Crippen molar-refractivity contribution >= 4 is 11.6 Å². The molecule has 0 saturated carbocycles. The van der Waals surface area contributed by atoms with E-state index >= 15 is 0 Å². The third kappa shape index (κ3) is 4.72. The molecule has 0 spiro atoms. The highest BCUT2D eigenvalue weighted by atomic mass is 35.5. The van der Waals surface area contributed by atoms with Crippen LogP contribution >= 0.6 is 11.6 Å². The van der Waals surface area contributed by atoms with Gasteiger partial charge in [-0.1, -0.05) is 30.7 Å². The first-order valence-corrected chi connectivity index (χ1v) is 7.55. The van der Waals surface area contributed by atoms with Crippen LogP contribution in [-0.4, -0.2) is 55.4 Å². The van der Waals surface area contributed by atoms with Crippen LogP contribution in [0.2, 0.25) is 5.02 Å². The fourth-order valence-corrected chi connectivity index (χ4v) is 2.50. The van der Waals surface area contributed by atoms with Gasteiger partial charge in [-0.05, 0) is 24.2 Å². The molecule has 1 aromatic carbocycles. The van der Waals surface area contributed by atoms with Gasteiger partial charge in [0, 0.05) is 31.2 Å². The molecule has 2 unspecified atom stereocenters. The normalized spacial score (nSPS) is 21.9. The number of morpholine rings is 1. The Morgan fingerprint density at radius 2 is 2.20 bits per heavy atom. The second kappa shape index (κ2) is 7.96. The van der Waals surface area contributed by atoms with Crippen molar-refractivity contribution in [2.45, 2.75) is 19.1 Å². The molecule has 1 aliphatic heterocycles. The first-order chi connectivity index (χ1) is 9.69. The predicted molar refractivity (Wildman–Crippen MR) is 81.1 cm³/mol. The summed E-state index contributed by atoms with van der Waals surface area (Å²) < 4.78 is 5.71. The number of ether oxygens (including phenoxy) is 1. The minimum Gasteiger partial charge on any atom is -0.387 e. The number of rotatable bonds is 6. The average Bonchev–Trinajstić information content (AvgIpc) is 2.48. The van der Waals surface area contributed by atoms with Crippen molar-refractivity contribution in [3.8, 4) is 0 Å². The summed E-state index contributed by atoms with van der Waals surface area (Å²) in [5, 5.41) is 14.0. The molecule has 2 rings (SSSR count). The Labute approximate surface area is 125 Å². The molecule has 0 aliphatic carbocycles. The topological polar surface area (TPSA) is 44.7 Å². The number of hydrogen-bond acceptors (Lipinski definition) is 4. The fourth-order valence-electron chi connectivity index (χ4n) is 2.37. The molecule has 1 heterocycles. The maximum Gasteiger partial charge on any atom is 0.0914 e. The highest BCUT2D eigenvalue weighted by Gasteiger charge is 2.19. The van der Waals surface area contributed by atoms with Crippen LogP contribution < -0.4 is 5.32 Å². The third-order valence-corrected chi connectivity index (χ3v) is 3.89. The van der Waals surface area contributed by atoms with Crippen molar-refractivity contribution in [1.29, 1.82) is 0 Å². The molecule has 112 valence electrons. The van der Waals surface area contributed by atoms with Crippen LogP contribution in [0.25, 0.3) is 0 Å². The van der Waals surface area contributed by atoms with Crippen LogP contribution in [0.5, 0.6) is 0 Å². The molecule has 5 heteroatoms. The molecule has 1 fully saturated rings.